The molecule has 0 unspecified atom stereocenters. The summed E-state index contributed by atoms with van der Waals surface area (Å²) in [6.07, 6.45) is 7.47. The fraction of sp³-hybridized carbons (Fsp3) is 0.692. The van der Waals surface area contributed by atoms with E-state index in [1.807, 2.05) is 0 Å². The van der Waals surface area contributed by atoms with Gasteiger partial charge in [-0.2, -0.15) is 0 Å². The molecular formula is C13H22O2. The quantitative estimate of drug-likeness (QED) is 0.662. The van der Waals surface area contributed by atoms with Crippen molar-refractivity contribution in [2.75, 3.05) is 13.2 Å². The van der Waals surface area contributed by atoms with E-state index < -0.39 is 0 Å². The molecule has 0 bridgehead atoms. The van der Waals surface area contributed by atoms with Crippen LogP contribution in [0.5, 0.6) is 0 Å². The van der Waals surface area contributed by atoms with Crippen LogP contribution in [0.3, 0.4) is 0 Å². The highest BCUT2D eigenvalue weighted by Crippen LogP contribution is 2.12. The van der Waals surface area contributed by atoms with E-state index in [-0.39, 0.29) is 6.29 Å². The van der Waals surface area contributed by atoms with Crippen LogP contribution in [0.15, 0.2) is 23.3 Å². The second-order valence-electron chi connectivity index (χ2n) is 4.30. The topological polar surface area (TPSA) is 18.5 Å². The maximum absolute atomic E-state index is 5.46. The van der Waals surface area contributed by atoms with Gasteiger partial charge in [-0.3, -0.25) is 0 Å². The third-order valence-electron chi connectivity index (χ3n) is 2.36. The zero-order chi connectivity index (χ0) is 11.1. The van der Waals surface area contributed by atoms with Crippen LogP contribution in [0.1, 0.15) is 40.0 Å². The van der Waals surface area contributed by atoms with Gasteiger partial charge in [0.05, 0.1) is 13.2 Å². The maximum Gasteiger partial charge on any atom is 0.177 e. The van der Waals surface area contributed by atoms with Crippen molar-refractivity contribution >= 4 is 0 Å². The summed E-state index contributed by atoms with van der Waals surface area (Å²) in [6.45, 7) is 8.05. The first-order valence-corrected chi connectivity index (χ1v) is 5.72. The van der Waals surface area contributed by atoms with Crippen molar-refractivity contribution < 1.29 is 9.47 Å². The minimum atomic E-state index is -0.106. The average molecular weight is 210 g/mol. The van der Waals surface area contributed by atoms with Crippen LogP contribution in [0.25, 0.3) is 0 Å². The molecule has 15 heavy (non-hydrogen) atoms. The highest BCUT2D eigenvalue weighted by Gasteiger charge is 2.10. The van der Waals surface area contributed by atoms with E-state index in [9.17, 15) is 0 Å². The first kappa shape index (κ1) is 12.5. The fourth-order valence-electron chi connectivity index (χ4n) is 1.51. The molecule has 0 aromatic heterocycles. The van der Waals surface area contributed by atoms with Gasteiger partial charge in [-0.25, -0.2) is 0 Å². The lowest BCUT2D eigenvalue weighted by Crippen LogP contribution is -2.22. The van der Waals surface area contributed by atoms with Crippen molar-refractivity contribution in [3.8, 4) is 0 Å². The Morgan fingerprint density at radius 2 is 1.87 bits per heavy atom. The van der Waals surface area contributed by atoms with Crippen LogP contribution in [0, 0.1) is 0 Å². The zero-order valence-corrected chi connectivity index (χ0v) is 10.1. The third-order valence-corrected chi connectivity index (χ3v) is 2.36. The Labute approximate surface area is 93.0 Å². The third kappa shape index (κ3) is 5.75. The van der Waals surface area contributed by atoms with Gasteiger partial charge in [0, 0.05) is 0 Å². The molecule has 2 nitrogen and oxygen atoms in total. The number of allylic oxidation sites excluding steroid dienone is 3. The Balaban J connectivity index is 2.28. The lowest BCUT2D eigenvalue weighted by atomic mass is 10.1. The van der Waals surface area contributed by atoms with Crippen molar-refractivity contribution in [2.24, 2.45) is 0 Å². The summed E-state index contributed by atoms with van der Waals surface area (Å²) >= 11 is 0. The Morgan fingerprint density at radius 3 is 2.47 bits per heavy atom. The molecule has 1 rings (SSSR count). The fourth-order valence-corrected chi connectivity index (χ4v) is 1.51. The summed E-state index contributed by atoms with van der Waals surface area (Å²) in [5, 5.41) is 0. The molecule has 0 N–H and O–H groups in total. The van der Waals surface area contributed by atoms with Crippen molar-refractivity contribution in [3.05, 3.63) is 23.3 Å². The number of hydrogen-bond donors (Lipinski definition) is 0. The molecule has 0 radical (unpaired) electrons. The smallest absolute Gasteiger partial charge is 0.177 e. The number of rotatable bonds is 4. The van der Waals surface area contributed by atoms with Crippen LogP contribution in [0.2, 0.25) is 0 Å². The highest BCUT2D eigenvalue weighted by atomic mass is 16.7. The van der Waals surface area contributed by atoms with Gasteiger partial charge in [-0.15, -0.1) is 0 Å². The van der Waals surface area contributed by atoms with Crippen LogP contribution in [0.4, 0.5) is 0 Å². The minimum Gasteiger partial charge on any atom is -0.349 e. The van der Waals surface area contributed by atoms with Gasteiger partial charge in [-0.05, 0) is 46.1 Å². The van der Waals surface area contributed by atoms with E-state index >= 15 is 0 Å². The highest BCUT2D eigenvalue weighted by molar-refractivity contribution is 5.03. The molecule has 86 valence electrons. The lowest BCUT2D eigenvalue weighted by Gasteiger charge is -2.21. The Morgan fingerprint density at radius 1 is 1.20 bits per heavy atom. The normalized spacial score (nSPS) is 19.0. The molecule has 2 heteroatoms. The predicted octanol–water partition coefficient (Wildman–Crippen LogP) is 3.44. The van der Waals surface area contributed by atoms with E-state index in [0.29, 0.717) is 0 Å². The molecule has 1 saturated heterocycles. The van der Waals surface area contributed by atoms with Gasteiger partial charge in [-0.1, -0.05) is 17.2 Å². The Bertz CT molecular complexity index is 231. The van der Waals surface area contributed by atoms with Gasteiger partial charge in [0.1, 0.15) is 0 Å². The summed E-state index contributed by atoms with van der Waals surface area (Å²) in [6, 6.07) is 0. The zero-order valence-electron chi connectivity index (χ0n) is 10.1. The van der Waals surface area contributed by atoms with E-state index in [4.69, 9.17) is 9.47 Å². The summed E-state index contributed by atoms with van der Waals surface area (Å²) in [7, 11) is 0. The Hall–Kier alpha value is -0.600. The minimum absolute atomic E-state index is 0.106. The summed E-state index contributed by atoms with van der Waals surface area (Å²) < 4.78 is 10.9. The second-order valence-corrected chi connectivity index (χ2v) is 4.30. The SMILES string of the molecule is CC(C)=CCCC(C)=CC1OCCCO1. The maximum atomic E-state index is 5.46. The van der Waals surface area contributed by atoms with Crippen molar-refractivity contribution in [3.63, 3.8) is 0 Å². The van der Waals surface area contributed by atoms with Crippen LogP contribution < -0.4 is 0 Å². The molecule has 0 aliphatic carbocycles. The molecule has 1 aliphatic heterocycles. The lowest BCUT2D eigenvalue weighted by molar-refractivity contribution is -0.150. The number of ether oxygens (including phenoxy) is 2. The molecule has 1 heterocycles. The van der Waals surface area contributed by atoms with Gasteiger partial charge < -0.3 is 9.47 Å². The number of hydrogen-bond acceptors (Lipinski definition) is 2. The molecule has 0 atom stereocenters. The molecule has 0 saturated carbocycles. The summed E-state index contributed by atoms with van der Waals surface area (Å²) in [4.78, 5) is 0. The van der Waals surface area contributed by atoms with Gasteiger partial charge in [0.15, 0.2) is 6.29 Å². The largest absolute Gasteiger partial charge is 0.349 e. The first-order valence-electron chi connectivity index (χ1n) is 5.72. The second kappa shape index (κ2) is 6.81. The van der Waals surface area contributed by atoms with Gasteiger partial charge in [0.2, 0.25) is 0 Å². The molecule has 0 aromatic rings. The standard InChI is InChI=1S/C13H22O2/c1-11(2)6-4-7-12(3)10-13-14-8-5-9-15-13/h6,10,13H,4-5,7-9H2,1-3H3. The van der Waals surface area contributed by atoms with E-state index in [1.54, 1.807) is 0 Å². The Kier molecular flexibility index (Phi) is 5.66. The molecule has 1 aliphatic rings. The van der Waals surface area contributed by atoms with Crippen molar-refractivity contribution in [1.29, 1.82) is 0 Å². The van der Waals surface area contributed by atoms with Crippen LogP contribution in [-0.4, -0.2) is 19.5 Å². The molecule has 0 amide bonds. The predicted molar refractivity (Wildman–Crippen MR) is 62.7 cm³/mol. The van der Waals surface area contributed by atoms with Crippen molar-refractivity contribution in [1.82, 2.24) is 0 Å². The summed E-state index contributed by atoms with van der Waals surface area (Å²) in [5.74, 6) is 0. The van der Waals surface area contributed by atoms with Crippen molar-refractivity contribution in [2.45, 2.75) is 46.3 Å². The first-order chi connectivity index (χ1) is 7.18. The van der Waals surface area contributed by atoms with Crippen LogP contribution in [-0.2, 0) is 9.47 Å². The average Bonchev–Trinajstić information content (AvgIpc) is 2.18. The van der Waals surface area contributed by atoms with E-state index in [1.165, 1.54) is 11.1 Å². The molecular weight excluding hydrogens is 188 g/mol. The molecule has 0 spiro atoms. The van der Waals surface area contributed by atoms with Gasteiger partial charge >= 0.3 is 0 Å². The monoisotopic (exact) mass is 210 g/mol. The van der Waals surface area contributed by atoms with Gasteiger partial charge in [0.25, 0.3) is 0 Å². The molecule has 0 aromatic carbocycles. The van der Waals surface area contributed by atoms with E-state index in [0.717, 1.165) is 32.5 Å². The van der Waals surface area contributed by atoms with Crippen LogP contribution >= 0.6 is 0 Å². The molecule has 1 fully saturated rings. The summed E-state index contributed by atoms with van der Waals surface area (Å²) in [5.41, 5.74) is 2.73. The van der Waals surface area contributed by atoms with E-state index in [2.05, 4.69) is 32.9 Å².